The van der Waals surface area contributed by atoms with Crippen LogP contribution in [0.4, 0.5) is 0 Å². The standard InChI is InChI=1S/C26H50S/c1-23(2,3)19-15-11-13-17-21(19)25(7,8)27-26(9,10)22-18-14-12-16-20(22)24(4,5)6/h19-22H,11-18H2,1-10H3. The third kappa shape index (κ3) is 5.70. The van der Waals surface area contributed by atoms with Crippen molar-refractivity contribution in [1.29, 1.82) is 0 Å². The summed E-state index contributed by atoms with van der Waals surface area (Å²) in [6, 6.07) is 0. The van der Waals surface area contributed by atoms with Crippen molar-refractivity contribution < 1.29 is 0 Å². The molecule has 0 bridgehead atoms. The summed E-state index contributed by atoms with van der Waals surface area (Å²) in [5, 5.41) is 0. The topological polar surface area (TPSA) is 0 Å². The molecule has 160 valence electrons. The molecule has 0 heterocycles. The summed E-state index contributed by atoms with van der Waals surface area (Å²) in [4.78, 5) is 0. The maximum absolute atomic E-state index is 2.59. The molecule has 0 nitrogen and oxygen atoms in total. The SMILES string of the molecule is CC(C)(C)C1CCCCC1C(C)(C)SC(C)(C)C1CCCCC1C(C)(C)C. The molecule has 0 radical (unpaired) electrons. The minimum absolute atomic E-state index is 0.363. The van der Waals surface area contributed by atoms with E-state index in [-0.39, 0.29) is 0 Å². The summed E-state index contributed by atoms with van der Waals surface area (Å²) in [5.74, 6) is 3.45. The molecule has 0 aliphatic heterocycles. The second-order valence-electron chi connectivity index (χ2n) is 13.0. The average molecular weight is 395 g/mol. The maximum Gasteiger partial charge on any atom is 0.0140 e. The molecule has 2 aliphatic carbocycles. The van der Waals surface area contributed by atoms with Crippen molar-refractivity contribution in [2.75, 3.05) is 0 Å². The van der Waals surface area contributed by atoms with Gasteiger partial charge in [-0.2, -0.15) is 0 Å². The largest absolute Gasteiger partial charge is 0.149 e. The highest BCUT2D eigenvalue weighted by atomic mass is 32.2. The lowest BCUT2D eigenvalue weighted by Gasteiger charge is -2.53. The van der Waals surface area contributed by atoms with E-state index in [1.165, 1.54) is 51.4 Å². The van der Waals surface area contributed by atoms with E-state index >= 15 is 0 Å². The smallest absolute Gasteiger partial charge is 0.0140 e. The Balaban J connectivity index is 2.23. The zero-order chi connectivity index (χ0) is 20.7. The molecule has 0 aromatic rings. The number of thioether (sulfide) groups is 1. The normalized spacial score (nSPS) is 31.8. The maximum atomic E-state index is 2.59. The van der Waals surface area contributed by atoms with E-state index in [9.17, 15) is 0 Å². The molecule has 27 heavy (non-hydrogen) atoms. The van der Waals surface area contributed by atoms with Gasteiger partial charge in [0.2, 0.25) is 0 Å². The van der Waals surface area contributed by atoms with Gasteiger partial charge in [-0.15, -0.1) is 11.8 Å². The zero-order valence-electron chi connectivity index (χ0n) is 20.4. The van der Waals surface area contributed by atoms with Crippen molar-refractivity contribution in [2.45, 2.75) is 130 Å². The summed E-state index contributed by atoms with van der Waals surface area (Å²) >= 11 is 2.36. The van der Waals surface area contributed by atoms with Crippen LogP contribution in [-0.4, -0.2) is 9.49 Å². The van der Waals surface area contributed by atoms with Gasteiger partial charge >= 0.3 is 0 Å². The van der Waals surface area contributed by atoms with Crippen LogP contribution >= 0.6 is 11.8 Å². The Morgan fingerprint density at radius 3 is 0.963 bits per heavy atom. The highest BCUT2D eigenvalue weighted by Crippen LogP contribution is 2.57. The summed E-state index contributed by atoms with van der Waals surface area (Å²) in [5.41, 5.74) is 0.873. The van der Waals surface area contributed by atoms with E-state index in [0.717, 1.165) is 23.7 Å². The van der Waals surface area contributed by atoms with Gasteiger partial charge in [0.05, 0.1) is 0 Å². The van der Waals surface area contributed by atoms with Crippen LogP contribution in [0.5, 0.6) is 0 Å². The van der Waals surface area contributed by atoms with Crippen molar-refractivity contribution in [2.24, 2.45) is 34.5 Å². The Morgan fingerprint density at radius 2 is 0.704 bits per heavy atom. The molecule has 2 fully saturated rings. The second kappa shape index (κ2) is 8.23. The lowest BCUT2D eigenvalue weighted by molar-refractivity contribution is 0.0793. The first-order valence-electron chi connectivity index (χ1n) is 11.9. The Morgan fingerprint density at radius 1 is 0.444 bits per heavy atom. The summed E-state index contributed by atoms with van der Waals surface area (Å²) in [7, 11) is 0. The number of rotatable bonds is 4. The van der Waals surface area contributed by atoms with Crippen LogP contribution in [0.15, 0.2) is 0 Å². The van der Waals surface area contributed by atoms with Crippen molar-refractivity contribution in [3.8, 4) is 0 Å². The molecule has 2 saturated carbocycles. The average Bonchev–Trinajstić information content (AvgIpc) is 2.52. The zero-order valence-corrected chi connectivity index (χ0v) is 21.2. The Bertz CT molecular complexity index is 429. The summed E-state index contributed by atoms with van der Waals surface area (Å²) < 4.78 is 0.726. The first-order chi connectivity index (χ1) is 12.2. The van der Waals surface area contributed by atoms with E-state index in [1.54, 1.807) is 0 Å². The van der Waals surface area contributed by atoms with E-state index in [1.807, 2.05) is 0 Å². The van der Waals surface area contributed by atoms with Gasteiger partial charge in [-0.1, -0.05) is 94.9 Å². The molecule has 0 saturated heterocycles. The van der Waals surface area contributed by atoms with Crippen LogP contribution in [0.3, 0.4) is 0 Å². The Labute approximate surface area is 176 Å². The number of hydrogen-bond acceptors (Lipinski definition) is 1. The first-order valence-corrected chi connectivity index (χ1v) is 12.7. The van der Waals surface area contributed by atoms with Crippen LogP contribution in [0.25, 0.3) is 0 Å². The van der Waals surface area contributed by atoms with E-state index in [4.69, 9.17) is 0 Å². The monoisotopic (exact) mass is 394 g/mol. The van der Waals surface area contributed by atoms with Gasteiger partial charge < -0.3 is 0 Å². The van der Waals surface area contributed by atoms with Gasteiger partial charge in [-0.05, 0) is 60.2 Å². The molecule has 0 amide bonds. The van der Waals surface area contributed by atoms with Crippen LogP contribution in [0.1, 0.15) is 121 Å². The van der Waals surface area contributed by atoms with Crippen molar-refractivity contribution in [3.63, 3.8) is 0 Å². The summed E-state index contributed by atoms with van der Waals surface area (Å²) in [6.45, 7) is 25.3. The van der Waals surface area contributed by atoms with Gasteiger partial charge in [-0.25, -0.2) is 0 Å². The molecule has 2 aliphatic rings. The predicted molar refractivity (Wildman–Crippen MR) is 126 cm³/mol. The lowest BCUT2D eigenvalue weighted by Crippen LogP contribution is -2.47. The molecule has 1 heteroatoms. The van der Waals surface area contributed by atoms with Gasteiger partial charge in [0.1, 0.15) is 0 Å². The second-order valence-corrected chi connectivity index (χ2v) is 15.3. The fourth-order valence-electron chi connectivity index (χ4n) is 6.83. The fraction of sp³-hybridized carbons (Fsp3) is 1.00. The Kier molecular flexibility index (Phi) is 7.20. The lowest BCUT2D eigenvalue weighted by atomic mass is 9.62. The molecular weight excluding hydrogens is 344 g/mol. The molecular formula is C26H50S. The predicted octanol–water partition coefficient (Wildman–Crippen LogP) is 8.98. The van der Waals surface area contributed by atoms with Gasteiger partial charge in [0.15, 0.2) is 0 Å². The molecule has 2 rings (SSSR count). The minimum Gasteiger partial charge on any atom is -0.149 e. The van der Waals surface area contributed by atoms with Gasteiger partial charge in [0.25, 0.3) is 0 Å². The molecule has 4 atom stereocenters. The minimum atomic E-state index is 0.363. The van der Waals surface area contributed by atoms with Crippen LogP contribution in [-0.2, 0) is 0 Å². The van der Waals surface area contributed by atoms with Crippen molar-refractivity contribution in [3.05, 3.63) is 0 Å². The highest BCUT2D eigenvalue weighted by molar-refractivity contribution is 8.01. The van der Waals surface area contributed by atoms with Crippen molar-refractivity contribution in [1.82, 2.24) is 0 Å². The Hall–Kier alpha value is 0.350. The first kappa shape index (κ1) is 23.6. The third-order valence-corrected chi connectivity index (χ3v) is 9.73. The molecule has 0 spiro atoms. The number of hydrogen-bond donors (Lipinski definition) is 0. The molecule has 0 N–H and O–H groups in total. The van der Waals surface area contributed by atoms with Gasteiger partial charge in [0, 0.05) is 9.49 Å². The quantitative estimate of drug-likeness (QED) is 0.458. The van der Waals surface area contributed by atoms with Crippen molar-refractivity contribution >= 4 is 11.8 Å². The van der Waals surface area contributed by atoms with E-state index in [2.05, 4.69) is 81.0 Å². The van der Waals surface area contributed by atoms with Crippen LogP contribution in [0.2, 0.25) is 0 Å². The fourth-order valence-corrected chi connectivity index (χ4v) is 9.05. The van der Waals surface area contributed by atoms with Crippen LogP contribution < -0.4 is 0 Å². The van der Waals surface area contributed by atoms with E-state index in [0.29, 0.717) is 20.3 Å². The van der Waals surface area contributed by atoms with Crippen LogP contribution in [0, 0.1) is 34.5 Å². The molecule has 4 unspecified atom stereocenters. The van der Waals surface area contributed by atoms with E-state index < -0.39 is 0 Å². The van der Waals surface area contributed by atoms with Gasteiger partial charge in [-0.3, -0.25) is 0 Å². The molecule has 0 aromatic heterocycles. The third-order valence-electron chi connectivity index (χ3n) is 8.07. The molecule has 0 aromatic carbocycles. The highest BCUT2D eigenvalue weighted by Gasteiger charge is 2.48. The summed E-state index contributed by atoms with van der Waals surface area (Å²) in [6.07, 6.45) is 11.5.